The van der Waals surface area contributed by atoms with Crippen LogP contribution in [0.25, 0.3) is 33.1 Å². The first kappa shape index (κ1) is 25.0. The number of likely N-dealkylation sites (N-methyl/N-ethyl adjacent to an activating group) is 2. The lowest BCUT2D eigenvalue weighted by Gasteiger charge is -2.21. The quantitative estimate of drug-likeness (QED) is 0.331. The van der Waals surface area contributed by atoms with Crippen molar-refractivity contribution in [2.24, 2.45) is 0 Å². The van der Waals surface area contributed by atoms with Gasteiger partial charge in [-0.25, -0.2) is 9.37 Å². The lowest BCUT2D eigenvalue weighted by atomic mass is 9.96. The van der Waals surface area contributed by atoms with Gasteiger partial charge < -0.3 is 24.4 Å². The third kappa shape index (κ3) is 5.12. The van der Waals surface area contributed by atoms with Crippen LogP contribution in [0.4, 0.5) is 4.39 Å². The topological polar surface area (TPSA) is 86.7 Å². The van der Waals surface area contributed by atoms with Crippen LogP contribution in [-0.4, -0.2) is 84.6 Å². The first-order chi connectivity index (χ1) is 16.8. The Labute approximate surface area is 208 Å². The normalized spacial score (nSPS) is 11.8. The van der Waals surface area contributed by atoms with Crippen LogP contribution in [0.2, 0.25) is 5.02 Å². The summed E-state index contributed by atoms with van der Waals surface area (Å²) < 4.78 is 26.3. The molecule has 0 amide bonds. The molecule has 0 fully saturated rings. The highest BCUT2D eigenvalue weighted by Gasteiger charge is 2.23. The average molecular weight is 502 g/mol. The summed E-state index contributed by atoms with van der Waals surface area (Å²) >= 11 is 6.17. The largest absolute Gasteiger partial charge is 0.506 e. The molecular formula is C25H29ClFN5O3. The number of phenolic OH excluding ortho intramolecular Hbond substituents is 1. The molecule has 4 rings (SSSR count). The van der Waals surface area contributed by atoms with Crippen molar-refractivity contribution in [2.45, 2.75) is 6.67 Å². The number of methoxy groups -OCH3 is 1. The first-order valence-electron chi connectivity index (χ1n) is 11.2. The van der Waals surface area contributed by atoms with E-state index in [-0.39, 0.29) is 10.8 Å². The molecule has 10 heteroatoms. The van der Waals surface area contributed by atoms with Gasteiger partial charge >= 0.3 is 0 Å². The highest BCUT2D eigenvalue weighted by Crippen LogP contribution is 2.45. The zero-order valence-corrected chi connectivity index (χ0v) is 21.0. The maximum atomic E-state index is 14.4. The third-order valence-electron chi connectivity index (χ3n) is 5.90. The van der Waals surface area contributed by atoms with Crippen molar-refractivity contribution in [3.05, 3.63) is 41.0 Å². The highest BCUT2D eigenvalue weighted by atomic mass is 35.5. The standard InChI is InChI=1S/C25H29ClFN5O3/c1-31(2)7-8-32(3)9-10-35-20-12-16(13-27)21-22(24(20)34-4)17-14-28-30-25(17)29-23(21)15-5-6-19(33)18(26)11-15/h5-6,11-12,14,33H,7-10,13H2,1-4H3,(H,28,29,30). The number of nitrogens with zero attached hydrogens (tertiary/aromatic N) is 4. The monoisotopic (exact) mass is 501 g/mol. The summed E-state index contributed by atoms with van der Waals surface area (Å²) in [7, 11) is 7.67. The number of hydrogen-bond donors (Lipinski definition) is 2. The minimum atomic E-state index is -0.733. The van der Waals surface area contributed by atoms with Crippen molar-refractivity contribution in [1.29, 1.82) is 0 Å². The summed E-state index contributed by atoms with van der Waals surface area (Å²) in [6.45, 7) is 2.23. The first-order valence-corrected chi connectivity index (χ1v) is 11.6. The van der Waals surface area contributed by atoms with Crippen molar-refractivity contribution in [1.82, 2.24) is 25.0 Å². The number of aromatic nitrogens is 3. The predicted molar refractivity (Wildman–Crippen MR) is 136 cm³/mol. The molecule has 4 aromatic rings. The maximum Gasteiger partial charge on any atom is 0.169 e. The summed E-state index contributed by atoms with van der Waals surface area (Å²) in [5.41, 5.74) is 2.05. The Kier molecular flexibility index (Phi) is 7.59. The van der Waals surface area contributed by atoms with Crippen LogP contribution in [0.15, 0.2) is 30.5 Å². The van der Waals surface area contributed by atoms with E-state index in [1.54, 1.807) is 31.5 Å². The minimum Gasteiger partial charge on any atom is -0.506 e. The number of rotatable bonds is 10. The number of fused-ring (bicyclic) bond motifs is 3. The van der Waals surface area contributed by atoms with Crippen molar-refractivity contribution in [3.63, 3.8) is 0 Å². The van der Waals surface area contributed by atoms with E-state index in [4.69, 9.17) is 26.1 Å². The van der Waals surface area contributed by atoms with E-state index < -0.39 is 6.67 Å². The molecule has 0 aliphatic heterocycles. The number of nitrogens with one attached hydrogen (secondary N) is 1. The van der Waals surface area contributed by atoms with Gasteiger partial charge in [0, 0.05) is 36.0 Å². The van der Waals surface area contributed by atoms with Gasteiger partial charge in [0.25, 0.3) is 0 Å². The molecule has 0 atom stereocenters. The number of phenols is 1. The van der Waals surface area contributed by atoms with Gasteiger partial charge in [-0.3, -0.25) is 5.10 Å². The Bertz CT molecular complexity index is 1340. The van der Waals surface area contributed by atoms with Crippen LogP contribution >= 0.6 is 11.6 Å². The van der Waals surface area contributed by atoms with Gasteiger partial charge in [-0.05, 0) is 51.0 Å². The second-order valence-electron chi connectivity index (χ2n) is 8.66. The molecule has 2 N–H and O–H groups in total. The molecule has 0 aliphatic carbocycles. The fourth-order valence-electron chi connectivity index (χ4n) is 4.01. The van der Waals surface area contributed by atoms with E-state index in [2.05, 4.69) is 20.0 Å². The number of H-pyrrole nitrogens is 1. The molecule has 35 heavy (non-hydrogen) atoms. The molecule has 2 heterocycles. The fraction of sp³-hybridized carbons (Fsp3) is 0.360. The second-order valence-corrected chi connectivity index (χ2v) is 9.07. The van der Waals surface area contributed by atoms with E-state index in [9.17, 15) is 9.50 Å². The molecule has 0 spiro atoms. The van der Waals surface area contributed by atoms with E-state index in [0.717, 1.165) is 13.1 Å². The van der Waals surface area contributed by atoms with Crippen molar-refractivity contribution in [3.8, 4) is 28.5 Å². The Morgan fingerprint density at radius 3 is 2.60 bits per heavy atom. The number of benzene rings is 2. The van der Waals surface area contributed by atoms with Crippen molar-refractivity contribution >= 4 is 33.4 Å². The molecule has 186 valence electrons. The van der Waals surface area contributed by atoms with Gasteiger partial charge in [-0.15, -0.1) is 0 Å². The van der Waals surface area contributed by atoms with Crippen LogP contribution in [0.1, 0.15) is 5.56 Å². The van der Waals surface area contributed by atoms with Crippen molar-refractivity contribution < 1.29 is 19.0 Å². The Morgan fingerprint density at radius 2 is 1.91 bits per heavy atom. The van der Waals surface area contributed by atoms with E-state index in [1.165, 1.54) is 6.07 Å². The minimum absolute atomic E-state index is 0.0446. The molecule has 2 aromatic heterocycles. The van der Waals surface area contributed by atoms with Crippen LogP contribution in [0.3, 0.4) is 0 Å². The molecule has 2 aromatic carbocycles. The average Bonchev–Trinajstić information content (AvgIpc) is 3.32. The summed E-state index contributed by atoms with van der Waals surface area (Å²) in [4.78, 5) is 9.01. The summed E-state index contributed by atoms with van der Waals surface area (Å²) in [5, 5.41) is 19.0. The second kappa shape index (κ2) is 10.6. The van der Waals surface area contributed by atoms with Crippen LogP contribution in [0.5, 0.6) is 17.2 Å². The van der Waals surface area contributed by atoms with E-state index in [0.29, 0.717) is 63.3 Å². The number of pyridine rings is 1. The van der Waals surface area contributed by atoms with Gasteiger partial charge in [0.2, 0.25) is 0 Å². The van der Waals surface area contributed by atoms with Crippen LogP contribution in [-0.2, 0) is 6.67 Å². The van der Waals surface area contributed by atoms with Gasteiger partial charge in [0.1, 0.15) is 19.0 Å². The summed E-state index contributed by atoms with van der Waals surface area (Å²) in [5.74, 6) is 0.891. The summed E-state index contributed by atoms with van der Waals surface area (Å²) in [6.07, 6.45) is 1.64. The Hall–Kier alpha value is -3.14. The molecule has 0 unspecified atom stereocenters. The smallest absolute Gasteiger partial charge is 0.169 e. The lowest BCUT2D eigenvalue weighted by molar-refractivity contribution is 0.217. The van der Waals surface area contributed by atoms with E-state index >= 15 is 0 Å². The number of aromatic amines is 1. The molecule has 0 radical (unpaired) electrons. The highest BCUT2D eigenvalue weighted by molar-refractivity contribution is 6.32. The molecule has 0 saturated carbocycles. The zero-order valence-electron chi connectivity index (χ0n) is 20.2. The molecule has 8 nitrogen and oxygen atoms in total. The third-order valence-corrected chi connectivity index (χ3v) is 6.21. The lowest BCUT2D eigenvalue weighted by Crippen LogP contribution is -2.31. The van der Waals surface area contributed by atoms with Crippen molar-refractivity contribution in [2.75, 3.05) is 54.5 Å². The van der Waals surface area contributed by atoms with Gasteiger partial charge in [0.15, 0.2) is 17.1 Å². The van der Waals surface area contributed by atoms with Crippen LogP contribution in [0, 0.1) is 0 Å². The molecule has 0 aliphatic rings. The summed E-state index contributed by atoms with van der Waals surface area (Å²) in [6, 6.07) is 6.44. The number of aromatic hydroxyl groups is 1. The number of halogens is 2. The SMILES string of the molecule is COc1c(OCCN(C)CCN(C)C)cc(CF)c2c(-c3ccc(O)c(Cl)c3)nc3[nH]ncc3c12. The fourth-order valence-corrected chi connectivity index (χ4v) is 4.19. The van der Waals surface area contributed by atoms with Gasteiger partial charge in [0.05, 0.1) is 29.4 Å². The Balaban J connectivity index is 1.82. The van der Waals surface area contributed by atoms with Gasteiger partial charge in [-0.1, -0.05) is 11.6 Å². The maximum absolute atomic E-state index is 14.4. The van der Waals surface area contributed by atoms with Gasteiger partial charge in [-0.2, -0.15) is 5.10 Å². The predicted octanol–water partition coefficient (Wildman–Crippen LogP) is 4.49. The number of alkyl halides is 1. The van der Waals surface area contributed by atoms with Crippen LogP contribution < -0.4 is 9.47 Å². The molecule has 0 saturated heterocycles. The number of ether oxygens (including phenoxy) is 2. The van der Waals surface area contributed by atoms with E-state index in [1.807, 2.05) is 21.1 Å². The molecular weight excluding hydrogens is 473 g/mol. The number of hydrogen-bond acceptors (Lipinski definition) is 7. The molecule has 0 bridgehead atoms. The zero-order chi connectivity index (χ0) is 25.1. The Morgan fingerprint density at radius 1 is 1.11 bits per heavy atom.